The molecule has 1 atom stereocenters. The van der Waals surface area contributed by atoms with Crippen molar-refractivity contribution in [3.63, 3.8) is 0 Å². The predicted octanol–water partition coefficient (Wildman–Crippen LogP) is 3.42. The van der Waals surface area contributed by atoms with Crippen molar-refractivity contribution in [3.05, 3.63) is 53.6 Å². The second-order valence-corrected chi connectivity index (χ2v) is 6.28. The summed E-state index contributed by atoms with van der Waals surface area (Å²) in [5, 5.41) is 10.7. The highest BCUT2D eigenvalue weighted by atomic mass is 32.2. The van der Waals surface area contributed by atoms with Crippen LogP contribution in [0.1, 0.15) is 24.1 Å². The van der Waals surface area contributed by atoms with E-state index in [1.165, 1.54) is 0 Å². The summed E-state index contributed by atoms with van der Waals surface area (Å²) in [6.45, 7) is 2.07. The number of hydrogen-bond acceptors (Lipinski definition) is 6. The average molecular weight is 373 g/mol. The minimum absolute atomic E-state index is 0.00161. The van der Waals surface area contributed by atoms with Gasteiger partial charge in [-0.1, -0.05) is 6.07 Å². The number of benzene rings is 2. The third kappa shape index (κ3) is 4.70. The van der Waals surface area contributed by atoms with Crippen LogP contribution in [-0.4, -0.2) is 31.8 Å². The Morgan fingerprint density at radius 1 is 1.27 bits per heavy atom. The molecule has 0 bridgehead atoms. The molecule has 0 amide bonds. The molecule has 0 saturated heterocycles. The van der Waals surface area contributed by atoms with E-state index in [-0.39, 0.29) is 11.8 Å². The van der Waals surface area contributed by atoms with E-state index in [1.807, 2.05) is 24.5 Å². The Hall–Kier alpha value is -2.67. The van der Waals surface area contributed by atoms with E-state index in [9.17, 15) is 4.79 Å². The normalized spacial score (nSPS) is 11.5. The molecule has 26 heavy (non-hydrogen) atoms. The first-order valence-corrected chi connectivity index (χ1v) is 9.32. The molecule has 0 heterocycles. The lowest BCUT2D eigenvalue weighted by atomic mass is 10.1. The maximum Gasteiger partial charge on any atom is 0.333 e. The lowest BCUT2D eigenvalue weighted by Gasteiger charge is -2.20. The van der Waals surface area contributed by atoms with Crippen molar-refractivity contribution in [1.82, 2.24) is 0 Å². The van der Waals surface area contributed by atoms with Crippen molar-refractivity contribution in [3.8, 4) is 5.75 Å². The number of carbonyl (C=O) groups excluding carboxylic acids is 1. The zero-order valence-electron chi connectivity index (χ0n) is 15.0. The van der Waals surface area contributed by atoms with E-state index in [0.717, 1.165) is 21.9 Å². The number of nitrogens with one attached hydrogen (secondary N) is 2. The molecule has 0 aliphatic rings. The quantitative estimate of drug-likeness (QED) is 0.284. The van der Waals surface area contributed by atoms with Crippen molar-refractivity contribution in [2.24, 2.45) is 5.73 Å². The molecule has 0 aromatic heterocycles. The third-order valence-electron chi connectivity index (χ3n) is 3.77. The number of anilines is 1. The minimum Gasteiger partial charge on any atom is -0.496 e. The fourth-order valence-corrected chi connectivity index (χ4v) is 3.06. The highest BCUT2D eigenvalue weighted by molar-refractivity contribution is 7.98. The van der Waals surface area contributed by atoms with Crippen molar-refractivity contribution in [2.75, 3.05) is 25.3 Å². The maximum atomic E-state index is 12.5. The second kappa shape index (κ2) is 9.15. The number of rotatable bonds is 8. The molecule has 2 aromatic rings. The van der Waals surface area contributed by atoms with Crippen molar-refractivity contribution < 1.29 is 14.3 Å². The smallest absolute Gasteiger partial charge is 0.333 e. The fraction of sp³-hybridized carbons (Fsp3) is 0.263. The molecular formula is C19H23N3O3S. The Kier molecular flexibility index (Phi) is 6.91. The predicted molar refractivity (Wildman–Crippen MR) is 105 cm³/mol. The molecule has 0 radical (unpaired) electrons. The number of nitrogens with two attached hydrogens (primary N) is 1. The van der Waals surface area contributed by atoms with Crippen LogP contribution in [0.25, 0.3) is 0 Å². The van der Waals surface area contributed by atoms with E-state index in [4.69, 9.17) is 20.6 Å². The first-order chi connectivity index (χ1) is 12.5. The average Bonchev–Trinajstić information content (AvgIpc) is 2.66. The van der Waals surface area contributed by atoms with Gasteiger partial charge in [0, 0.05) is 16.1 Å². The molecule has 0 saturated carbocycles. The van der Waals surface area contributed by atoms with Gasteiger partial charge in [-0.05, 0) is 55.1 Å². The third-order valence-corrected chi connectivity index (χ3v) is 4.53. The number of ether oxygens (including phenoxy) is 2. The SMILES string of the molecule is CCOC(=O)C(Nc1ccc(C(=N)N)cc1)c1ccc(OC)c(SC)c1. The molecule has 1 unspecified atom stereocenters. The van der Waals surface area contributed by atoms with E-state index in [0.29, 0.717) is 12.2 Å². The number of carbonyl (C=O) groups is 1. The lowest BCUT2D eigenvalue weighted by Crippen LogP contribution is -2.23. The Morgan fingerprint density at radius 2 is 1.96 bits per heavy atom. The maximum absolute atomic E-state index is 12.5. The van der Waals surface area contributed by atoms with Crippen molar-refractivity contribution in [1.29, 1.82) is 5.41 Å². The van der Waals surface area contributed by atoms with Crippen LogP contribution in [0.15, 0.2) is 47.4 Å². The number of methoxy groups -OCH3 is 1. The zero-order chi connectivity index (χ0) is 19.1. The van der Waals surface area contributed by atoms with Crippen molar-refractivity contribution >= 4 is 29.3 Å². The number of hydrogen-bond donors (Lipinski definition) is 3. The molecule has 2 rings (SSSR count). The van der Waals surface area contributed by atoms with Crippen LogP contribution < -0.4 is 15.8 Å². The van der Waals surface area contributed by atoms with Gasteiger partial charge in [-0.25, -0.2) is 4.79 Å². The largest absolute Gasteiger partial charge is 0.496 e. The molecule has 0 spiro atoms. The molecule has 7 heteroatoms. The van der Waals surface area contributed by atoms with Crippen LogP contribution in [0.2, 0.25) is 0 Å². The topological polar surface area (TPSA) is 97.4 Å². The lowest BCUT2D eigenvalue weighted by molar-refractivity contribution is -0.144. The highest BCUT2D eigenvalue weighted by Crippen LogP contribution is 2.32. The van der Waals surface area contributed by atoms with Gasteiger partial charge >= 0.3 is 5.97 Å². The number of amidine groups is 1. The standard InChI is InChI=1S/C19H23N3O3S/c1-4-25-19(23)17(13-7-10-15(24-2)16(11-13)26-3)22-14-8-5-12(6-9-14)18(20)21/h5-11,17,22H,4H2,1-3H3,(H3,20,21). The Balaban J connectivity index is 2.34. The van der Waals surface area contributed by atoms with Crippen LogP contribution in [0.5, 0.6) is 5.75 Å². The van der Waals surface area contributed by atoms with Gasteiger partial charge in [0.25, 0.3) is 0 Å². The summed E-state index contributed by atoms with van der Waals surface area (Å²) in [4.78, 5) is 13.4. The summed E-state index contributed by atoms with van der Waals surface area (Å²) in [5.41, 5.74) is 7.61. The number of thioether (sulfide) groups is 1. The zero-order valence-corrected chi connectivity index (χ0v) is 15.9. The summed E-state index contributed by atoms with van der Waals surface area (Å²) >= 11 is 1.55. The van der Waals surface area contributed by atoms with Crippen molar-refractivity contribution in [2.45, 2.75) is 17.9 Å². The first-order valence-electron chi connectivity index (χ1n) is 8.09. The molecule has 0 aliphatic carbocycles. The first kappa shape index (κ1) is 19.7. The van der Waals surface area contributed by atoms with Crippen LogP contribution in [0.3, 0.4) is 0 Å². The Morgan fingerprint density at radius 3 is 2.50 bits per heavy atom. The number of nitrogen functional groups attached to an aromatic ring is 1. The van der Waals surface area contributed by atoms with Gasteiger partial charge in [0.05, 0.1) is 13.7 Å². The summed E-state index contributed by atoms with van der Waals surface area (Å²) in [6, 6.07) is 12.0. The van der Waals surface area contributed by atoms with E-state index >= 15 is 0 Å². The van der Waals surface area contributed by atoms with Crippen LogP contribution >= 0.6 is 11.8 Å². The van der Waals surface area contributed by atoms with Crippen LogP contribution in [-0.2, 0) is 9.53 Å². The van der Waals surface area contributed by atoms with Crippen LogP contribution in [0.4, 0.5) is 5.69 Å². The van der Waals surface area contributed by atoms with E-state index < -0.39 is 6.04 Å². The summed E-state index contributed by atoms with van der Waals surface area (Å²) in [5.74, 6) is 0.397. The van der Waals surface area contributed by atoms with Gasteiger partial charge in [0.1, 0.15) is 11.6 Å². The molecule has 0 fully saturated rings. The summed E-state index contributed by atoms with van der Waals surface area (Å²) in [6.07, 6.45) is 1.95. The second-order valence-electron chi connectivity index (χ2n) is 5.43. The van der Waals surface area contributed by atoms with E-state index in [1.54, 1.807) is 50.1 Å². The summed E-state index contributed by atoms with van der Waals surface area (Å²) in [7, 11) is 1.62. The monoisotopic (exact) mass is 373 g/mol. The molecular weight excluding hydrogens is 350 g/mol. The van der Waals surface area contributed by atoms with Gasteiger partial charge < -0.3 is 20.5 Å². The van der Waals surface area contributed by atoms with Gasteiger partial charge in [-0.15, -0.1) is 11.8 Å². The van der Waals surface area contributed by atoms with Crippen LogP contribution in [0, 0.1) is 5.41 Å². The highest BCUT2D eigenvalue weighted by Gasteiger charge is 2.23. The van der Waals surface area contributed by atoms with Gasteiger partial charge in [0.2, 0.25) is 0 Å². The minimum atomic E-state index is -0.657. The molecule has 4 N–H and O–H groups in total. The summed E-state index contributed by atoms with van der Waals surface area (Å²) < 4.78 is 10.6. The van der Waals surface area contributed by atoms with Gasteiger partial charge in [0.15, 0.2) is 6.04 Å². The molecule has 0 aliphatic heterocycles. The Bertz CT molecular complexity index is 778. The van der Waals surface area contributed by atoms with E-state index in [2.05, 4.69) is 5.32 Å². The molecule has 2 aromatic carbocycles. The van der Waals surface area contributed by atoms with Gasteiger partial charge in [-0.2, -0.15) is 0 Å². The number of esters is 1. The molecule has 6 nitrogen and oxygen atoms in total. The van der Waals surface area contributed by atoms with Gasteiger partial charge in [-0.3, -0.25) is 5.41 Å². The fourth-order valence-electron chi connectivity index (χ4n) is 2.45. The molecule has 138 valence electrons. The Labute approximate surface area is 157 Å².